The van der Waals surface area contributed by atoms with Gasteiger partial charge in [0.25, 0.3) is 0 Å². The monoisotopic (exact) mass is 429 g/mol. The number of nitrogens with zero attached hydrogens (tertiary/aromatic N) is 3. The summed E-state index contributed by atoms with van der Waals surface area (Å²) in [7, 11) is 4.14. The number of aliphatic hydroxyl groups is 1. The molecule has 164 valence electrons. The van der Waals surface area contributed by atoms with Crippen LogP contribution in [0.4, 0.5) is 0 Å². The first kappa shape index (κ1) is 21.7. The summed E-state index contributed by atoms with van der Waals surface area (Å²) < 4.78 is 2.12. The molecule has 3 atom stereocenters. The van der Waals surface area contributed by atoms with Crippen LogP contribution in [0.25, 0.3) is 10.8 Å². The first-order chi connectivity index (χ1) is 15.3. The smallest absolute Gasteiger partial charge is 0.335 e. The van der Waals surface area contributed by atoms with E-state index in [1.165, 1.54) is 17.7 Å². The topological polar surface area (TPSA) is 78.6 Å². The van der Waals surface area contributed by atoms with Gasteiger partial charge in [-0.15, -0.1) is 0 Å². The average molecular weight is 430 g/mol. The number of carbonyl (C=O) groups is 1. The summed E-state index contributed by atoms with van der Waals surface area (Å²) in [6.45, 7) is 2.19. The predicted octanol–water partition coefficient (Wildman–Crippen LogP) is 4.36. The van der Waals surface area contributed by atoms with E-state index in [0.717, 1.165) is 16.3 Å². The maximum absolute atomic E-state index is 11.3. The minimum Gasteiger partial charge on any atom is -0.478 e. The molecule has 0 saturated carbocycles. The van der Waals surface area contributed by atoms with Gasteiger partial charge in [0.05, 0.1) is 17.9 Å². The van der Waals surface area contributed by atoms with Crippen molar-refractivity contribution in [2.24, 2.45) is 0 Å². The van der Waals surface area contributed by atoms with Crippen LogP contribution in [0.1, 0.15) is 46.1 Å². The number of hydrogen-bond acceptors (Lipinski definition) is 4. The second kappa shape index (κ2) is 8.94. The van der Waals surface area contributed by atoms with Crippen LogP contribution >= 0.6 is 0 Å². The zero-order chi connectivity index (χ0) is 22.8. The SMILES string of the molecule is CC(C(c1ccc2cc(C(O)c3cccc(C(=O)O)c3)ccc2c1)n1ccnc1)N(C)C. The molecule has 0 spiro atoms. The maximum atomic E-state index is 11.3. The Morgan fingerprint density at radius 1 is 0.969 bits per heavy atom. The molecule has 1 aromatic heterocycles. The quantitative estimate of drug-likeness (QED) is 0.457. The van der Waals surface area contributed by atoms with Crippen LogP contribution < -0.4 is 0 Å². The number of hydrogen-bond donors (Lipinski definition) is 2. The Labute approximate surface area is 187 Å². The van der Waals surface area contributed by atoms with Gasteiger partial charge in [-0.1, -0.05) is 36.4 Å². The van der Waals surface area contributed by atoms with Crippen LogP contribution in [-0.4, -0.2) is 50.8 Å². The molecule has 0 fully saturated rings. The largest absolute Gasteiger partial charge is 0.478 e. The number of likely N-dealkylation sites (N-methyl/N-ethyl adjacent to an activating group) is 1. The van der Waals surface area contributed by atoms with Gasteiger partial charge in [-0.25, -0.2) is 9.78 Å². The van der Waals surface area contributed by atoms with Crippen molar-refractivity contribution in [3.05, 3.63) is 102 Å². The summed E-state index contributed by atoms with van der Waals surface area (Å²) in [5.41, 5.74) is 2.62. The Kier molecular flexibility index (Phi) is 6.08. The van der Waals surface area contributed by atoms with Crippen molar-refractivity contribution in [2.45, 2.75) is 25.1 Å². The highest BCUT2D eigenvalue weighted by molar-refractivity contribution is 5.88. The lowest BCUT2D eigenvalue weighted by atomic mass is 9.94. The van der Waals surface area contributed by atoms with E-state index in [1.807, 2.05) is 30.7 Å². The maximum Gasteiger partial charge on any atom is 0.335 e. The molecule has 0 aliphatic carbocycles. The Hall–Kier alpha value is -3.48. The number of imidazole rings is 1. The zero-order valence-electron chi connectivity index (χ0n) is 18.4. The van der Waals surface area contributed by atoms with Gasteiger partial charge in [0.1, 0.15) is 6.10 Å². The summed E-state index contributed by atoms with van der Waals surface area (Å²) in [6, 6.07) is 19.0. The lowest BCUT2D eigenvalue weighted by Crippen LogP contribution is -2.34. The molecule has 0 aliphatic heterocycles. The van der Waals surface area contributed by atoms with Crippen molar-refractivity contribution in [1.29, 1.82) is 0 Å². The molecule has 0 radical (unpaired) electrons. The number of carboxylic acid groups (broad SMARTS) is 1. The van der Waals surface area contributed by atoms with Crippen LogP contribution in [0.5, 0.6) is 0 Å². The highest BCUT2D eigenvalue weighted by Gasteiger charge is 2.23. The van der Waals surface area contributed by atoms with Crippen LogP contribution in [0.2, 0.25) is 0 Å². The van der Waals surface area contributed by atoms with E-state index in [9.17, 15) is 15.0 Å². The van der Waals surface area contributed by atoms with Crippen molar-refractivity contribution >= 4 is 16.7 Å². The highest BCUT2D eigenvalue weighted by Crippen LogP contribution is 2.30. The van der Waals surface area contributed by atoms with Gasteiger partial charge < -0.3 is 19.7 Å². The van der Waals surface area contributed by atoms with E-state index >= 15 is 0 Å². The second-order valence-electron chi connectivity index (χ2n) is 8.36. The fourth-order valence-electron chi connectivity index (χ4n) is 4.09. The summed E-state index contributed by atoms with van der Waals surface area (Å²) in [4.78, 5) is 17.7. The van der Waals surface area contributed by atoms with Crippen LogP contribution in [0.3, 0.4) is 0 Å². The number of aromatic carboxylic acids is 1. The Bertz CT molecular complexity index is 1230. The molecule has 4 aromatic rings. The van der Waals surface area contributed by atoms with Gasteiger partial charge in [0.2, 0.25) is 0 Å². The van der Waals surface area contributed by atoms with Gasteiger partial charge in [0.15, 0.2) is 0 Å². The molecule has 32 heavy (non-hydrogen) atoms. The van der Waals surface area contributed by atoms with Crippen molar-refractivity contribution in [3.8, 4) is 0 Å². The molecular formula is C26H27N3O3. The lowest BCUT2D eigenvalue weighted by molar-refractivity contribution is 0.0696. The zero-order valence-corrected chi connectivity index (χ0v) is 18.4. The summed E-state index contributed by atoms with van der Waals surface area (Å²) in [6.07, 6.45) is 4.73. The molecule has 3 aromatic carbocycles. The second-order valence-corrected chi connectivity index (χ2v) is 8.36. The molecule has 4 rings (SSSR count). The molecule has 0 aliphatic rings. The summed E-state index contributed by atoms with van der Waals surface area (Å²) in [5.74, 6) is -1.01. The Morgan fingerprint density at radius 2 is 1.62 bits per heavy atom. The molecule has 0 saturated heterocycles. The van der Waals surface area contributed by atoms with E-state index in [1.54, 1.807) is 18.3 Å². The summed E-state index contributed by atoms with van der Waals surface area (Å²) in [5, 5.41) is 22.2. The van der Waals surface area contributed by atoms with E-state index in [4.69, 9.17) is 0 Å². The predicted molar refractivity (Wildman–Crippen MR) is 125 cm³/mol. The van der Waals surface area contributed by atoms with Crippen molar-refractivity contribution in [3.63, 3.8) is 0 Å². The molecule has 2 N–H and O–H groups in total. The highest BCUT2D eigenvalue weighted by atomic mass is 16.4. The van der Waals surface area contributed by atoms with E-state index in [0.29, 0.717) is 5.56 Å². The number of aliphatic hydroxyl groups excluding tert-OH is 1. The first-order valence-corrected chi connectivity index (χ1v) is 10.5. The fraction of sp³-hybridized carbons (Fsp3) is 0.231. The molecular weight excluding hydrogens is 402 g/mol. The van der Waals surface area contributed by atoms with Gasteiger partial charge in [0, 0.05) is 18.4 Å². The van der Waals surface area contributed by atoms with Gasteiger partial charge in [-0.05, 0) is 72.7 Å². The standard InChI is InChI=1S/C26H27N3O3/c1-17(28(2)3)24(29-12-11-27-16-29)20-9-7-19-14-22(10-8-18(19)13-20)25(30)21-5-4-6-23(15-21)26(31)32/h4-17,24-25,30H,1-3H3,(H,31,32). The fourth-order valence-corrected chi connectivity index (χ4v) is 4.09. The van der Waals surface area contributed by atoms with Gasteiger partial charge >= 0.3 is 5.97 Å². The normalized spacial score (nSPS) is 14.4. The van der Waals surface area contributed by atoms with Crippen LogP contribution in [-0.2, 0) is 0 Å². The van der Waals surface area contributed by atoms with Crippen LogP contribution in [0.15, 0.2) is 79.4 Å². The Balaban J connectivity index is 1.69. The number of carboxylic acids is 1. The van der Waals surface area contributed by atoms with E-state index in [-0.39, 0.29) is 17.6 Å². The average Bonchev–Trinajstić information content (AvgIpc) is 3.32. The number of rotatable bonds is 7. The lowest BCUT2D eigenvalue weighted by Gasteiger charge is -2.31. The third-order valence-corrected chi connectivity index (χ3v) is 6.11. The van der Waals surface area contributed by atoms with Crippen LogP contribution in [0, 0.1) is 0 Å². The minimum absolute atomic E-state index is 0.112. The third-order valence-electron chi connectivity index (χ3n) is 6.11. The van der Waals surface area contributed by atoms with Gasteiger partial charge in [-0.3, -0.25) is 0 Å². The van der Waals surface area contributed by atoms with Crippen molar-refractivity contribution in [2.75, 3.05) is 14.1 Å². The molecule has 0 amide bonds. The van der Waals surface area contributed by atoms with E-state index < -0.39 is 12.1 Å². The number of aromatic nitrogens is 2. The molecule has 3 unspecified atom stereocenters. The molecule has 6 heteroatoms. The van der Waals surface area contributed by atoms with Crippen molar-refractivity contribution < 1.29 is 15.0 Å². The number of benzene rings is 3. The Morgan fingerprint density at radius 3 is 2.25 bits per heavy atom. The molecule has 6 nitrogen and oxygen atoms in total. The van der Waals surface area contributed by atoms with Crippen molar-refractivity contribution in [1.82, 2.24) is 14.5 Å². The summed E-state index contributed by atoms with van der Waals surface area (Å²) >= 11 is 0. The van der Waals surface area contributed by atoms with E-state index in [2.05, 4.69) is 53.7 Å². The molecule has 1 heterocycles. The molecule has 0 bridgehead atoms. The third kappa shape index (κ3) is 4.28. The number of fused-ring (bicyclic) bond motifs is 1. The van der Waals surface area contributed by atoms with Gasteiger partial charge in [-0.2, -0.15) is 0 Å². The minimum atomic E-state index is -1.01. The first-order valence-electron chi connectivity index (χ1n) is 10.5.